The van der Waals surface area contributed by atoms with Crippen molar-refractivity contribution in [2.45, 2.75) is 32.4 Å². The highest BCUT2D eigenvalue weighted by Gasteiger charge is 2.31. The molecule has 2 unspecified atom stereocenters. The van der Waals surface area contributed by atoms with Crippen LogP contribution in [0, 0.1) is 5.92 Å². The van der Waals surface area contributed by atoms with Gasteiger partial charge in [-0.25, -0.2) is 9.79 Å². The molecule has 1 aromatic carbocycles. The zero-order chi connectivity index (χ0) is 22.1. The van der Waals surface area contributed by atoms with E-state index in [4.69, 9.17) is 4.99 Å². The Balaban J connectivity index is 0.00000363. The Morgan fingerprint density at radius 2 is 2.03 bits per heavy atom. The van der Waals surface area contributed by atoms with Crippen LogP contribution in [0.3, 0.4) is 0 Å². The van der Waals surface area contributed by atoms with E-state index >= 15 is 0 Å². The van der Waals surface area contributed by atoms with Crippen LogP contribution in [0.1, 0.15) is 36.2 Å². The summed E-state index contributed by atoms with van der Waals surface area (Å²) < 4.78 is 4.61. The highest BCUT2D eigenvalue weighted by atomic mass is 127. The highest BCUT2D eigenvalue weighted by Crippen LogP contribution is 2.36. The second-order valence-corrected chi connectivity index (χ2v) is 8.71. The van der Waals surface area contributed by atoms with Gasteiger partial charge in [0.2, 0.25) is 0 Å². The summed E-state index contributed by atoms with van der Waals surface area (Å²) in [4.78, 5) is 20.0. The second-order valence-electron chi connectivity index (χ2n) is 7.73. The lowest BCUT2D eigenvalue weighted by atomic mass is 9.88. The molecule has 1 aliphatic rings. The molecule has 1 aliphatic heterocycles. The number of anilines is 1. The van der Waals surface area contributed by atoms with Crippen molar-refractivity contribution >= 4 is 53.1 Å². The summed E-state index contributed by atoms with van der Waals surface area (Å²) in [5.74, 6) is 1.38. The molecule has 0 saturated carbocycles. The molecule has 3 N–H and O–H groups in total. The van der Waals surface area contributed by atoms with E-state index in [0.717, 1.165) is 31.2 Å². The second kappa shape index (κ2) is 13.6. The van der Waals surface area contributed by atoms with Gasteiger partial charge in [0, 0.05) is 29.7 Å². The molecule has 176 valence electrons. The van der Waals surface area contributed by atoms with E-state index in [0.29, 0.717) is 24.2 Å². The standard InChI is InChI=1S/C23H33N5O2S.HI/c1-4-24-22(25-15-17-9-11-19(12-10-17)27-23(29)30-3)26-16-18-7-5-13-28(2)21(18)20-8-6-14-31-20;/h6,8-12,14,18,21H,4-5,7,13,15-16H2,1-3H3,(H,27,29)(H2,24,25,26);1H. The summed E-state index contributed by atoms with van der Waals surface area (Å²) in [6, 6.07) is 12.5. The number of rotatable bonds is 7. The Kier molecular flexibility index (Phi) is 11.3. The Morgan fingerprint density at radius 1 is 1.25 bits per heavy atom. The number of hydrogen-bond donors (Lipinski definition) is 3. The lowest BCUT2D eigenvalue weighted by molar-refractivity contribution is 0.125. The van der Waals surface area contributed by atoms with Crippen LogP contribution < -0.4 is 16.0 Å². The zero-order valence-electron chi connectivity index (χ0n) is 19.0. The first kappa shape index (κ1) is 26.4. The molecule has 9 heteroatoms. The van der Waals surface area contributed by atoms with Crippen molar-refractivity contribution in [3.8, 4) is 0 Å². The molecule has 2 heterocycles. The van der Waals surface area contributed by atoms with Crippen molar-refractivity contribution in [3.63, 3.8) is 0 Å². The first-order valence-corrected chi connectivity index (χ1v) is 11.7. The van der Waals surface area contributed by atoms with Crippen LogP contribution in [0.15, 0.2) is 46.8 Å². The third-order valence-electron chi connectivity index (χ3n) is 5.52. The SMILES string of the molecule is CCNC(=NCc1ccc(NC(=O)OC)cc1)NCC1CCCN(C)C1c1cccs1.I. The highest BCUT2D eigenvalue weighted by molar-refractivity contribution is 14.0. The van der Waals surface area contributed by atoms with Crippen LogP contribution >= 0.6 is 35.3 Å². The number of amides is 1. The molecule has 0 spiro atoms. The topological polar surface area (TPSA) is 78.0 Å². The summed E-state index contributed by atoms with van der Waals surface area (Å²) >= 11 is 1.85. The number of benzene rings is 1. The van der Waals surface area contributed by atoms with Gasteiger partial charge in [-0.2, -0.15) is 0 Å². The van der Waals surface area contributed by atoms with Gasteiger partial charge in [0.05, 0.1) is 13.7 Å². The molecule has 3 rings (SSSR count). The maximum absolute atomic E-state index is 11.3. The molecule has 1 saturated heterocycles. The molecular weight excluding hydrogens is 537 g/mol. The average molecular weight is 572 g/mol. The van der Waals surface area contributed by atoms with Gasteiger partial charge in [-0.05, 0) is 68.4 Å². The van der Waals surface area contributed by atoms with E-state index < -0.39 is 6.09 Å². The molecule has 32 heavy (non-hydrogen) atoms. The molecule has 0 bridgehead atoms. The summed E-state index contributed by atoms with van der Waals surface area (Å²) in [5.41, 5.74) is 1.77. The minimum Gasteiger partial charge on any atom is -0.453 e. The fourth-order valence-corrected chi connectivity index (χ4v) is 4.97. The summed E-state index contributed by atoms with van der Waals surface area (Å²) in [6.45, 7) is 5.49. The summed E-state index contributed by atoms with van der Waals surface area (Å²) in [7, 11) is 3.58. The quantitative estimate of drug-likeness (QED) is 0.256. The maximum atomic E-state index is 11.3. The normalized spacial score (nSPS) is 19.0. The van der Waals surface area contributed by atoms with E-state index in [1.54, 1.807) is 0 Å². The van der Waals surface area contributed by atoms with E-state index in [2.05, 4.69) is 57.1 Å². The lowest BCUT2D eigenvalue weighted by Crippen LogP contribution is -2.44. The van der Waals surface area contributed by atoms with Crippen LogP contribution in [0.5, 0.6) is 0 Å². The number of thiophene rings is 1. The minimum absolute atomic E-state index is 0. The van der Waals surface area contributed by atoms with E-state index in [1.165, 1.54) is 24.8 Å². The molecule has 1 amide bonds. The van der Waals surface area contributed by atoms with Crippen molar-refractivity contribution < 1.29 is 9.53 Å². The van der Waals surface area contributed by atoms with Crippen LogP contribution in [0.2, 0.25) is 0 Å². The van der Waals surface area contributed by atoms with E-state index in [9.17, 15) is 4.79 Å². The Hall–Kier alpha value is -1.85. The molecule has 1 aromatic heterocycles. The van der Waals surface area contributed by atoms with Crippen LogP contribution in [-0.4, -0.2) is 50.7 Å². The number of methoxy groups -OCH3 is 1. The zero-order valence-corrected chi connectivity index (χ0v) is 22.1. The number of carbonyl (C=O) groups is 1. The van der Waals surface area contributed by atoms with E-state index in [-0.39, 0.29) is 24.0 Å². The number of nitrogens with zero attached hydrogens (tertiary/aromatic N) is 2. The van der Waals surface area contributed by atoms with Gasteiger partial charge in [0.25, 0.3) is 0 Å². The predicted molar refractivity (Wildman–Crippen MR) is 143 cm³/mol. The van der Waals surface area contributed by atoms with Crippen molar-refractivity contribution in [2.75, 3.05) is 39.1 Å². The number of aliphatic imine (C=N–C) groups is 1. The van der Waals surface area contributed by atoms with Crippen LogP contribution in [0.4, 0.5) is 10.5 Å². The number of ether oxygens (including phenoxy) is 1. The van der Waals surface area contributed by atoms with Gasteiger partial charge in [-0.1, -0.05) is 18.2 Å². The van der Waals surface area contributed by atoms with Crippen molar-refractivity contribution in [1.82, 2.24) is 15.5 Å². The van der Waals surface area contributed by atoms with Gasteiger partial charge in [-0.15, -0.1) is 35.3 Å². The fraction of sp³-hybridized carbons (Fsp3) is 0.478. The van der Waals surface area contributed by atoms with Crippen molar-refractivity contribution in [1.29, 1.82) is 0 Å². The number of hydrogen-bond acceptors (Lipinski definition) is 5. The number of halogens is 1. The number of nitrogens with one attached hydrogen (secondary N) is 3. The summed E-state index contributed by atoms with van der Waals surface area (Å²) in [5, 5.41) is 11.7. The Morgan fingerprint density at radius 3 is 2.69 bits per heavy atom. The lowest BCUT2D eigenvalue weighted by Gasteiger charge is -2.39. The van der Waals surface area contributed by atoms with Gasteiger partial charge < -0.3 is 15.4 Å². The van der Waals surface area contributed by atoms with Crippen LogP contribution in [0.25, 0.3) is 0 Å². The van der Waals surface area contributed by atoms with Gasteiger partial charge >= 0.3 is 6.09 Å². The minimum atomic E-state index is -0.474. The molecular formula is C23H34IN5O2S. The van der Waals surface area contributed by atoms with Gasteiger partial charge in [0.1, 0.15) is 0 Å². The molecule has 1 fully saturated rings. The monoisotopic (exact) mass is 571 g/mol. The Bertz CT molecular complexity index is 845. The first-order valence-electron chi connectivity index (χ1n) is 10.8. The number of carbonyl (C=O) groups excluding carboxylic acids is 1. The average Bonchev–Trinajstić information content (AvgIpc) is 3.31. The first-order chi connectivity index (χ1) is 15.1. The van der Waals surface area contributed by atoms with Crippen LogP contribution in [-0.2, 0) is 11.3 Å². The Labute approximate surface area is 212 Å². The number of piperidine rings is 1. The van der Waals surface area contributed by atoms with Gasteiger partial charge in [-0.3, -0.25) is 10.2 Å². The smallest absolute Gasteiger partial charge is 0.411 e. The van der Waals surface area contributed by atoms with Gasteiger partial charge in [0.15, 0.2) is 5.96 Å². The molecule has 0 aliphatic carbocycles. The molecule has 2 aromatic rings. The van der Waals surface area contributed by atoms with Crippen molar-refractivity contribution in [2.24, 2.45) is 10.9 Å². The summed E-state index contributed by atoms with van der Waals surface area (Å²) in [6.07, 6.45) is 1.97. The number of likely N-dealkylation sites (tertiary alicyclic amines) is 1. The molecule has 2 atom stereocenters. The van der Waals surface area contributed by atoms with Crippen molar-refractivity contribution in [3.05, 3.63) is 52.2 Å². The predicted octanol–water partition coefficient (Wildman–Crippen LogP) is 4.68. The van der Waals surface area contributed by atoms with E-state index in [1.807, 2.05) is 35.6 Å². The fourth-order valence-electron chi connectivity index (χ4n) is 3.98. The molecule has 0 radical (unpaired) electrons. The molecule has 7 nitrogen and oxygen atoms in total. The third-order valence-corrected chi connectivity index (χ3v) is 6.47. The number of guanidine groups is 1. The third kappa shape index (κ3) is 7.63. The maximum Gasteiger partial charge on any atom is 0.411 e. The largest absolute Gasteiger partial charge is 0.453 e.